The van der Waals surface area contributed by atoms with Crippen molar-refractivity contribution in [2.75, 3.05) is 39.6 Å². The fraction of sp³-hybridized carbons (Fsp3) is 0.947. The molecule has 0 aliphatic rings. The number of aliphatic hydroxyl groups excluding tert-OH is 1. The van der Waals surface area contributed by atoms with Crippen molar-refractivity contribution in [3.8, 4) is 0 Å². The molecule has 0 aliphatic heterocycles. The summed E-state index contributed by atoms with van der Waals surface area (Å²) in [5.74, 6) is -2.12. The second-order valence-corrected chi connectivity index (χ2v) is 29.9. The van der Waals surface area contributed by atoms with Crippen LogP contribution in [0.25, 0.3) is 0 Å². The van der Waals surface area contributed by atoms with Gasteiger partial charge in [0.05, 0.1) is 26.4 Å². The van der Waals surface area contributed by atoms with Crippen LogP contribution in [0, 0.1) is 0 Å². The Labute approximate surface area is 575 Å². The van der Waals surface area contributed by atoms with E-state index in [1.54, 1.807) is 0 Å². The van der Waals surface area contributed by atoms with Crippen LogP contribution in [0.3, 0.4) is 0 Å². The summed E-state index contributed by atoms with van der Waals surface area (Å²) in [4.78, 5) is 72.7. The van der Waals surface area contributed by atoms with Crippen molar-refractivity contribution < 1.29 is 80.2 Å². The van der Waals surface area contributed by atoms with Crippen molar-refractivity contribution in [1.82, 2.24) is 0 Å². The second kappa shape index (κ2) is 69.5. The molecule has 558 valence electrons. The first-order chi connectivity index (χ1) is 45.7. The molecule has 0 saturated carbocycles. The van der Waals surface area contributed by atoms with Crippen molar-refractivity contribution in [1.29, 1.82) is 0 Å². The number of carbonyl (C=O) groups excluding carboxylic acids is 4. The minimum Gasteiger partial charge on any atom is -0.462 e. The Hall–Kier alpha value is -1.94. The minimum absolute atomic E-state index is 0.108. The van der Waals surface area contributed by atoms with Crippen LogP contribution in [-0.4, -0.2) is 96.7 Å². The van der Waals surface area contributed by atoms with E-state index < -0.39 is 97.5 Å². The number of esters is 4. The topological polar surface area (TPSA) is 237 Å². The van der Waals surface area contributed by atoms with Crippen LogP contribution in [0.2, 0.25) is 0 Å². The molecule has 0 fully saturated rings. The van der Waals surface area contributed by atoms with Gasteiger partial charge in [0.1, 0.15) is 19.3 Å². The lowest BCUT2D eigenvalue weighted by Crippen LogP contribution is -2.30. The van der Waals surface area contributed by atoms with Crippen molar-refractivity contribution in [2.45, 2.75) is 418 Å². The molecule has 0 aromatic rings. The van der Waals surface area contributed by atoms with E-state index in [0.29, 0.717) is 25.7 Å². The Morgan fingerprint density at radius 1 is 0.255 bits per heavy atom. The smallest absolute Gasteiger partial charge is 0.462 e. The Bertz CT molecular complexity index is 1790. The Morgan fingerprint density at radius 2 is 0.426 bits per heavy atom. The molecule has 2 unspecified atom stereocenters. The van der Waals surface area contributed by atoms with Gasteiger partial charge in [-0.3, -0.25) is 37.3 Å². The fourth-order valence-corrected chi connectivity index (χ4v) is 13.2. The summed E-state index contributed by atoms with van der Waals surface area (Å²) in [7, 11) is -9.90. The number of ether oxygens (including phenoxy) is 4. The van der Waals surface area contributed by atoms with Crippen molar-refractivity contribution in [2.24, 2.45) is 0 Å². The quantitative estimate of drug-likeness (QED) is 0.0222. The van der Waals surface area contributed by atoms with Crippen LogP contribution in [-0.2, 0) is 65.4 Å². The Balaban J connectivity index is 5.19. The Morgan fingerprint density at radius 3 is 0.628 bits per heavy atom. The predicted molar refractivity (Wildman–Crippen MR) is 382 cm³/mol. The molecular weight excluding hydrogens is 1230 g/mol. The van der Waals surface area contributed by atoms with E-state index in [9.17, 15) is 43.2 Å². The molecule has 19 heteroatoms. The van der Waals surface area contributed by atoms with Crippen LogP contribution in [0.1, 0.15) is 400 Å². The summed E-state index contributed by atoms with van der Waals surface area (Å²) >= 11 is 0. The number of aliphatic hydroxyl groups is 1. The molecular formula is C75H146O17P2. The molecule has 0 heterocycles. The minimum atomic E-state index is -4.95. The molecule has 0 spiro atoms. The van der Waals surface area contributed by atoms with Crippen LogP contribution >= 0.6 is 15.6 Å². The molecule has 0 bridgehead atoms. The fourth-order valence-electron chi connectivity index (χ4n) is 11.6. The molecule has 0 amide bonds. The lowest BCUT2D eigenvalue weighted by atomic mass is 10.0. The third kappa shape index (κ3) is 68.6. The second-order valence-electron chi connectivity index (χ2n) is 27.0. The van der Waals surface area contributed by atoms with Crippen LogP contribution in [0.15, 0.2) is 0 Å². The van der Waals surface area contributed by atoms with Crippen molar-refractivity contribution in [3.05, 3.63) is 0 Å². The maximum absolute atomic E-state index is 13.1. The van der Waals surface area contributed by atoms with E-state index in [1.165, 1.54) is 218 Å². The van der Waals surface area contributed by atoms with Gasteiger partial charge in [-0.15, -0.1) is 0 Å². The van der Waals surface area contributed by atoms with Crippen LogP contribution in [0.4, 0.5) is 0 Å². The first-order valence-electron chi connectivity index (χ1n) is 39.3. The van der Waals surface area contributed by atoms with Gasteiger partial charge in [-0.1, -0.05) is 349 Å². The molecule has 3 N–H and O–H groups in total. The molecule has 0 aliphatic carbocycles. The SMILES string of the molecule is CCCCCCCCCCCCCCCCCCC(=O)OC[C@H](COP(=O)(O)OC[C@@H](O)COP(=O)(O)OC[C@@H](COC(=O)CCCCCCCCC)OC(=O)CCCCCCCCCCCCCCCCC)OC(=O)CCCCCCCCCCCCCCCCCC. The van der Waals surface area contributed by atoms with E-state index in [4.69, 9.17) is 37.0 Å². The number of hydrogen-bond acceptors (Lipinski definition) is 15. The van der Waals surface area contributed by atoms with Gasteiger partial charge < -0.3 is 33.8 Å². The first kappa shape index (κ1) is 92.1. The van der Waals surface area contributed by atoms with E-state index in [-0.39, 0.29) is 25.7 Å². The van der Waals surface area contributed by atoms with E-state index >= 15 is 0 Å². The van der Waals surface area contributed by atoms with Gasteiger partial charge in [0.25, 0.3) is 0 Å². The van der Waals surface area contributed by atoms with Gasteiger partial charge in [0.2, 0.25) is 0 Å². The van der Waals surface area contributed by atoms with Gasteiger partial charge in [-0.05, 0) is 25.7 Å². The monoisotopic (exact) mass is 1380 g/mol. The average molecular weight is 1380 g/mol. The highest BCUT2D eigenvalue weighted by atomic mass is 31.2. The highest BCUT2D eigenvalue weighted by Crippen LogP contribution is 2.45. The largest absolute Gasteiger partial charge is 0.472 e. The normalized spacial score (nSPS) is 13.9. The molecule has 5 atom stereocenters. The standard InChI is InChI=1S/C75H146O17P2/c1-5-9-13-17-21-24-27-30-33-36-38-41-44-48-52-56-60-73(78)86-66-71(92-75(80)62-58-54-50-46-43-40-37-34-31-28-25-22-18-14-10-6-2)68-90-94(83,84)88-64-69(76)63-87-93(81,82)89-67-70(65-85-72(77)59-55-51-47-20-16-12-8-4)91-74(79)61-57-53-49-45-42-39-35-32-29-26-23-19-15-11-7-3/h69-71,76H,5-68H2,1-4H3,(H,81,82)(H,83,84)/t69-,70+,71+/m0/s1. The van der Waals surface area contributed by atoms with E-state index in [2.05, 4.69) is 27.7 Å². The summed E-state index contributed by atoms with van der Waals surface area (Å²) in [6, 6.07) is 0. The van der Waals surface area contributed by atoms with Crippen LogP contribution < -0.4 is 0 Å². The lowest BCUT2D eigenvalue weighted by Gasteiger charge is -2.21. The molecule has 0 rings (SSSR count). The number of unbranched alkanes of at least 4 members (excludes halogenated alkanes) is 50. The zero-order valence-electron chi connectivity index (χ0n) is 60.9. The van der Waals surface area contributed by atoms with E-state index in [1.807, 2.05) is 0 Å². The molecule has 0 aromatic heterocycles. The maximum atomic E-state index is 13.1. The highest BCUT2D eigenvalue weighted by molar-refractivity contribution is 7.47. The zero-order chi connectivity index (χ0) is 69.0. The summed E-state index contributed by atoms with van der Waals surface area (Å²) in [5, 5.41) is 10.6. The molecule has 0 radical (unpaired) electrons. The van der Waals surface area contributed by atoms with Crippen molar-refractivity contribution >= 4 is 39.5 Å². The summed E-state index contributed by atoms with van der Waals surface area (Å²) in [6.45, 7) is 4.96. The van der Waals surface area contributed by atoms with Crippen molar-refractivity contribution in [3.63, 3.8) is 0 Å². The number of phosphoric ester groups is 2. The molecule has 0 saturated heterocycles. The zero-order valence-corrected chi connectivity index (χ0v) is 62.7. The van der Waals surface area contributed by atoms with Gasteiger partial charge in [-0.2, -0.15) is 0 Å². The number of hydrogen-bond donors (Lipinski definition) is 3. The van der Waals surface area contributed by atoms with E-state index in [0.717, 1.165) is 103 Å². The maximum Gasteiger partial charge on any atom is 0.472 e. The highest BCUT2D eigenvalue weighted by Gasteiger charge is 2.30. The molecule has 94 heavy (non-hydrogen) atoms. The number of carbonyl (C=O) groups is 4. The van der Waals surface area contributed by atoms with Crippen LogP contribution in [0.5, 0.6) is 0 Å². The number of phosphoric acid groups is 2. The molecule has 0 aromatic carbocycles. The van der Waals surface area contributed by atoms with Gasteiger partial charge in [0, 0.05) is 25.7 Å². The summed E-state index contributed by atoms with van der Waals surface area (Å²) in [6.07, 6.45) is 59.7. The van der Waals surface area contributed by atoms with Gasteiger partial charge in [0.15, 0.2) is 12.2 Å². The van der Waals surface area contributed by atoms with Gasteiger partial charge in [-0.25, -0.2) is 9.13 Å². The summed E-state index contributed by atoms with van der Waals surface area (Å²) in [5.41, 5.74) is 0. The average Bonchev–Trinajstić information content (AvgIpc) is 2.11. The Kier molecular flexibility index (Phi) is 68.1. The predicted octanol–water partition coefficient (Wildman–Crippen LogP) is 22.2. The lowest BCUT2D eigenvalue weighted by molar-refractivity contribution is -0.161. The summed E-state index contributed by atoms with van der Waals surface area (Å²) < 4.78 is 68.4. The molecule has 17 nitrogen and oxygen atoms in total. The number of rotatable bonds is 76. The first-order valence-corrected chi connectivity index (χ1v) is 42.3. The third-order valence-corrected chi connectivity index (χ3v) is 19.5. The van der Waals surface area contributed by atoms with Gasteiger partial charge >= 0.3 is 39.5 Å². The third-order valence-electron chi connectivity index (χ3n) is 17.6.